The SMILES string of the molecule is Cc1ccc(S(=O)(=O)[SH](S)NS(=O)(=O)CC2(O)CCC2)cc1. The van der Waals surface area contributed by atoms with E-state index in [1.54, 1.807) is 12.1 Å². The van der Waals surface area contributed by atoms with Gasteiger partial charge in [0, 0.05) is 0 Å². The highest BCUT2D eigenvalue weighted by Gasteiger charge is 2.40. The fourth-order valence-electron chi connectivity index (χ4n) is 2.09. The number of rotatable bonds is 6. The Balaban J connectivity index is 2.13. The average molecular weight is 386 g/mol. The topological polar surface area (TPSA) is 101 Å². The van der Waals surface area contributed by atoms with Crippen molar-refractivity contribution < 1.29 is 21.9 Å². The minimum Gasteiger partial charge on any atom is -0.389 e. The number of hydrogen-bond acceptors (Lipinski definition) is 6. The number of aliphatic hydroxyl groups is 1. The maximum Gasteiger partial charge on any atom is 0.231 e. The van der Waals surface area contributed by atoms with Crippen molar-refractivity contribution in [3.63, 3.8) is 0 Å². The number of aryl methyl sites for hydroxylation is 1. The van der Waals surface area contributed by atoms with Crippen LogP contribution in [0.1, 0.15) is 24.8 Å². The lowest BCUT2D eigenvalue weighted by atomic mass is 9.82. The first kappa shape index (κ1) is 18.1. The first-order valence-electron chi connectivity index (χ1n) is 6.58. The second kappa shape index (κ2) is 6.33. The van der Waals surface area contributed by atoms with Gasteiger partial charge in [0.2, 0.25) is 18.9 Å². The molecular weight excluding hydrogens is 366 g/mol. The molecule has 1 aliphatic rings. The van der Waals surface area contributed by atoms with Gasteiger partial charge in [-0.3, -0.25) is 0 Å². The zero-order valence-corrected chi connectivity index (χ0v) is 15.4. The molecule has 2 N–H and O–H groups in total. The quantitative estimate of drug-likeness (QED) is 0.437. The monoisotopic (exact) mass is 385 g/mol. The highest BCUT2D eigenvalue weighted by molar-refractivity contribution is 9.10. The molecule has 0 heterocycles. The van der Waals surface area contributed by atoms with Crippen molar-refractivity contribution in [2.24, 2.45) is 0 Å². The minimum absolute atomic E-state index is 0.0178. The smallest absolute Gasteiger partial charge is 0.231 e. The second-order valence-electron chi connectivity index (χ2n) is 5.49. The van der Waals surface area contributed by atoms with E-state index in [1.807, 2.05) is 6.92 Å². The number of sulfonamides is 1. The lowest BCUT2D eigenvalue weighted by molar-refractivity contribution is -0.0114. The van der Waals surface area contributed by atoms with Gasteiger partial charge in [-0.15, -0.1) is 11.7 Å². The van der Waals surface area contributed by atoms with E-state index in [1.165, 1.54) is 12.1 Å². The molecule has 1 unspecified atom stereocenters. The third-order valence-electron chi connectivity index (χ3n) is 3.51. The van der Waals surface area contributed by atoms with Crippen LogP contribution in [0, 0.1) is 6.92 Å². The van der Waals surface area contributed by atoms with Crippen molar-refractivity contribution in [3.8, 4) is 0 Å². The molecule has 0 aromatic heterocycles. The average Bonchev–Trinajstić information content (AvgIpc) is 2.36. The summed E-state index contributed by atoms with van der Waals surface area (Å²) in [5, 5.41) is 9.92. The summed E-state index contributed by atoms with van der Waals surface area (Å²) >= 11 is 3.94. The van der Waals surface area contributed by atoms with Gasteiger partial charge in [-0.1, -0.05) is 17.7 Å². The van der Waals surface area contributed by atoms with Crippen LogP contribution >= 0.6 is 20.8 Å². The second-order valence-corrected chi connectivity index (χ2v) is 14.3. The molecule has 0 saturated heterocycles. The predicted octanol–water partition coefficient (Wildman–Crippen LogP) is 1.28. The van der Waals surface area contributed by atoms with Crippen molar-refractivity contribution in [3.05, 3.63) is 29.8 Å². The van der Waals surface area contributed by atoms with Gasteiger partial charge >= 0.3 is 0 Å². The van der Waals surface area contributed by atoms with Crippen LogP contribution in [0.2, 0.25) is 0 Å². The summed E-state index contributed by atoms with van der Waals surface area (Å²) in [7, 11) is -10.1. The molecule has 1 fully saturated rings. The van der Waals surface area contributed by atoms with Gasteiger partial charge in [-0.25, -0.2) is 16.8 Å². The molecule has 1 atom stereocenters. The van der Waals surface area contributed by atoms with E-state index < -0.39 is 39.4 Å². The van der Waals surface area contributed by atoms with Crippen LogP contribution in [0.15, 0.2) is 29.2 Å². The van der Waals surface area contributed by atoms with E-state index in [0.29, 0.717) is 12.8 Å². The van der Waals surface area contributed by atoms with Crippen molar-refractivity contribution >= 4 is 39.7 Å². The van der Waals surface area contributed by atoms with E-state index in [2.05, 4.69) is 15.8 Å². The van der Waals surface area contributed by atoms with Gasteiger partial charge in [-0.2, -0.15) is 4.13 Å². The summed E-state index contributed by atoms with van der Waals surface area (Å²) in [5.74, 6) is -0.497. The Kier molecular flexibility index (Phi) is 5.20. The van der Waals surface area contributed by atoms with E-state index in [-0.39, 0.29) is 4.90 Å². The fourth-order valence-corrected chi connectivity index (χ4v) is 10.2. The van der Waals surface area contributed by atoms with E-state index >= 15 is 0 Å². The maximum atomic E-state index is 12.3. The summed E-state index contributed by atoms with van der Waals surface area (Å²) < 4.78 is 50.8. The molecule has 0 bridgehead atoms. The normalized spacial score (nSPS) is 20.2. The molecule has 2 rings (SSSR count). The Morgan fingerprint density at radius 1 is 1.23 bits per heavy atom. The number of thiol groups is 2. The molecule has 0 amide bonds. The summed E-state index contributed by atoms with van der Waals surface area (Å²) in [4.78, 5) is 0.0178. The summed E-state index contributed by atoms with van der Waals surface area (Å²) in [5.41, 5.74) is -0.348. The van der Waals surface area contributed by atoms with E-state index in [4.69, 9.17) is 0 Å². The molecule has 22 heavy (non-hydrogen) atoms. The minimum atomic E-state index is -3.93. The molecule has 1 aliphatic carbocycles. The maximum absolute atomic E-state index is 12.3. The lowest BCUT2D eigenvalue weighted by Gasteiger charge is -2.36. The zero-order chi connectivity index (χ0) is 16.6. The third-order valence-corrected chi connectivity index (χ3v) is 12.8. The Morgan fingerprint density at radius 2 is 1.77 bits per heavy atom. The number of benzene rings is 1. The number of nitrogens with one attached hydrogen (secondary N) is 1. The van der Waals surface area contributed by atoms with Crippen LogP contribution in [-0.4, -0.2) is 33.3 Å². The van der Waals surface area contributed by atoms with Crippen molar-refractivity contribution in [2.45, 2.75) is 36.7 Å². The van der Waals surface area contributed by atoms with Crippen LogP contribution < -0.4 is 4.13 Å². The van der Waals surface area contributed by atoms with Gasteiger partial charge in [0.05, 0.1) is 16.2 Å². The van der Waals surface area contributed by atoms with Crippen molar-refractivity contribution in [1.29, 1.82) is 0 Å². The molecule has 0 radical (unpaired) electrons. The van der Waals surface area contributed by atoms with Crippen LogP contribution in [0.4, 0.5) is 0 Å². The van der Waals surface area contributed by atoms with Crippen molar-refractivity contribution in [1.82, 2.24) is 4.13 Å². The first-order valence-corrected chi connectivity index (χ1v) is 12.8. The predicted molar refractivity (Wildman–Crippen MR) is 92.1 cm³/mol. The van der Waals surface area contributed by atoms with Crippen LogP contribution in [0.5, 0.6) is 0 Å². The van der Waals surface area contributed by atoms with E-state index in [9.17, 15) is 21.9 Å². The molecule has 6 nitrogen and oxygen atoms in total. The standard InChI is InChI=1S/C12H19NO5S4/c1-10-3-5-11(6-4-10)22(17,18)20(19)13-21(15,16)9-12(14)7-2-8-12/h3-6,13-14,19-20H,2,7-9H2,1H3. The Bertz CT molecular complexity index is 738. The fraction of sp³-hybridized carbons (Fsp3) is 0.500. The summed E-state index contributed by atoms with van der Waals surface area (Å²) in [6, 6.07) is 6.11. The Hall–Kier alpha value is -0.260. The third kappa shape index (κ3) is 4.18. The highest BCUT2D eigenvalue weighted by Crippen LogP contribution is 2.41. The highest BCUT2D eigenvalue weighted by atomic mass is 33.5. The van der Waals surface area contributed by atoms with Crippen LogP contribution in [0.25, 0.3) is 0 Å². The van der Waals surface area contributed by atoms with Gasteiger partial charge < -0.3 is 5.11 Å². The number of hydrogen-bond donors (Lipinski definition) is 4. The molecule has 126 valence electrons. The first-order chi connectivity index (χ1) is 10.0. The van der Waals surface area contributed by atoms with Gasteiger partial charge in [0.1, 0.15) is 0 Å². The molecule has 1 aromatic carbocycles. The van der Waals surface area contributed by atoms with Gasteiger partial charge in [0.15, 0.2) is 0 Å². The Morgan fingerprint density at radius 3 is 2.23 bits per heavy atom. The van der Waals surface area contributed by atoms with Gasteiger partial charge in [0.25, 0.3) is 0 Å². The lowest BCUT2D eigenvalue weighted by Crippen LogP contribution is -2.46. The molecule has 10 heteroatoms. The van der Waals surface area contributed by atoms with Crippen molar-refractivity contribution in [2.75, 3.05) is 5.75 Å². The molecule has 1 aromatic rings. The molecular formula is C12H19NO5S4. The molecule has 0 aliphatic heterocycles. The van der Waals surface area contributed by atoms with E-state index in [0.717, 1.165) is 12.0 Å². The van der Waals surface area contributed by atoms with Crippen LogP contribution in [0.3, 0.4) is 0 Å². The largest absolute Gasteiger partial charge is 0.389 e. The van der Waals surface area contributed by atoms with Crippen LogP contribution in [-0.2, 0) is 18.9 Å². The summed E-state index contributed by atoms with van der Waals surface area (Å²) in [6.45, 7) is 1.82. The summed E-state index contributed by atoms with van der Waals surface area (Å²) in [6.07, 6.45) is 1.58. The molecule has 1 saturated carbocycles. The van der Waals surface area contributed by atoms with Gasteiger partial charge in [-0.05, 0) is 47.5 Å². The zero-order valence-electron chi connectivity index (χ0n) is 11.9. The Labute approximate surface area is 138 Å². The molecule has 0 spiro atoms.